The average Bonchev–Trinajstić information content (AvgIpc) is 2.89. The molecule has 2 fully saturated rings. The third kappa shape index (κ3) is 2.36. The lowest BCUT2D eigenvalue weighted by Crippen LogP contribution is -2.34. The summed E-state index contributed by atoms with van der Waals surface area (Å²) < 4.78 is 5.08. The Morgan fingerprint density at radius 3 is 2.89 bits per heavy atom. The first-order chi connectivity index (χ1) is 9.11. The Hall–Kier alpha value is -1.43. The maximum Gasteiger partial charge on any atom is 0.248 e. The summed E-state index contributed by atoms with van der Waals surface area (Å²) in [6, 6.07) is -0.215. The fourth-order valence-electron chi connectivity index (χ4n) is 3.06. The van der Waals surface area contributed by atoms with Crippen LogP contribution >= 0.6 is 0 Å². The Kier molecular flexibility index (Phi) is 3.05. The van der Waals surface area contributed by atoms with Crippen molar-refractivity contribution < 1.29 is 9.32 Å². The molecule has 1 aliphatic heterocycles. The predicted octanol–water partition coefficient (Wildman–Crippen LogP) is 0.945. The zero-order valence-electron chi connectivity index (χ0n) is 11.4. The van der Waals surface area contributed by atoms with E-state index in [1.54, 1.807) is 6.92 Å². The molecule has 0 bridgehead atoms. The van der Waals surface area contributed by atoms with Crippen LogP contribution in [0.2, 0.25) is 0 Å². The number of nitrogens with one attached hydrogen (secondary N) is 2. The van der Waals surface area contributed by atoms with E-state index in [4.69, 9.17) is 4.52 Å². The van der Waals surface area contributed by atoms with Crippen LogP contribution in [-0.2, 0) is 4.79 Å². The van der Waals surface area contributed by atoms with Gasteiger partial charge in [0.15, 0.2) is 5.82 Å². The van der Waals surface area contributed by atoms with Gasteiger partial charge in [-0.2, -0.15) is 4.98 Å². The second-order valence-corrected chi connectivity index (χ2v) is 5.78. The first-order valence-electron chi connectivity index (χ1n) is 6.92. The van der Waals surface area contributed by atoms with E-state index in [9.17, 15) is 4.79 Å². The van der Waals surface area contributed by atoms with Gasteiger partial charge >= 0.3 is 0 Å². The van der Waals surface area contributed by atoms with Crippen LogP contribution in [0.4, 0.5) is 0 Å². The third-order valence-corrected chi connectivity index (χ3v) is 4.38. The molecule has 6 nitrogen and oxygen atoms in total. The van der Waals surface area contributed by atoms with Gasteiger partial charge in [0, 0.05) is 5.92 Å². The molecule has 1 spiro atoms. The van der Waals surface area contributed by atoms with E-state index in [1.807, 2.05) is 6.92 Å². The highest BCUT2D eigenvalue weighted by Crippen LogP contribution is 2.58. The highest BCUT2D eigenvalue weighted by Gasteiger charge is 2.57. The number of nitrogens with zero attached hydrogens (tertiary/aromatic N) is 2. The highest BCUT2D eigenvalue weighted by atomic mass is 16.5. The van der Waals surface area contributed by atoms with Gasteiger partial charge in [-0.05, 0) is 51.6 Å². The fourth-order valence-corrected chi connectivity index (χ4v) is 3.06. The van der Waals surface area contributed by atoms with Crippen LogP contribution in [0.3, 0.4) is 0 Å². The van der Waals surface area contributed by atoms with Crippen LogP contribution in [0.1, 0.15) is 43.9 Å². The van der Waals surface area contributed by atoms with Crippen molar-refractivity contribution in [1.82, 2.24) is 20.8 Å². The Bertz CT molecular complexity index is 479. The summed E-state index contributed by atoms with van der Waals surface area (Å²) in [6.07, 6.45) is 3.24. The summed E-state index contributed by atoms with van der Waals surface area (Å²) in [5, 5.41) is 10.1. The molecule has 1 aliphatic carbocycles. The molecular weight excluding hydrogens is 244 g/mol. The normalized spacial score (nSPS) is 26.1. The molecule has 1 aromatic rings. The average molecular weight is 264 g/mol. The van der Waals surface area contributed by atoms with Crippen LogP contribution in [-0.4, -0.2) is 29.1 Å². The molecule has 2 atom stereocenters. The van der Waals surface area contributed by atoms with Crippen LogP contribution in [0.25, 0.3) is 0 Å². The molecular formula is C13H20N4O2. The van der Waals surface area contributed by atoms with Crippen molar-refractivity contribution in [3.63, 3.8) is 0 Å². The van der Waals surface area contributed by atoms with E-state index in [2.05, 4.69) is 20.8 Å². The Labute approximate surface area is 112 Å². The molecule has 0 aromatic carbocycles. The van der Waals surface area contributed by atoms with Crippen LogP contribution in [0.15, 0.2) is 4.52 Å². The third-order valence-electron chi connectivity index (χ3n) is 4.38. The summed E-state index contributed by atoms with van der Waals surface area (Å²) >= 11 is 0. The molecule has 19 heavy (non-hydrogen) atoms. The van der Waals surface area contributed by atoms with Gasteiger partial charge in [-0.25, -0.2) is 0 Å². The monoisotopic (exact) mass is 264 g/mol. The number of rotatable bonds is 3. The molecule has 2 N–H and O–H groups in total. The van der Waals surface area contributed by atoms with Crippen LogP contribution in [0.5, 0.6) is 0 Å². The molecule has 1 amide bonds. The minimum atomic E-state index is -0.215. The van der Waals surface area contributed by atoms with E-state index in [-0.39, 0.29) is 23.3 Å². The SMILES string of the molecule is Cc1noc(C(C)NC(=O)C2CC23CCNCC3)n1. The van der Waals surface area contributed by atoms with Gasteiger partial charge in [-0.15, -0.1) is 0 Å². The highest BCUT2D eigenvalue weighted by molar-refractivity contribution is 5.82. The van der Waals surface area contributed by atoms with E-state index in [1.165, 1.54) is 0 Å². The second kappa shape index (κ2) is 4.59. The number of hydrogen-bond acceptors (Lipinski definition) is 5. The van der Waals surface area contributed by atoms with Crippen molar-refractivity contribution in [2.24, 2.45) is 11.3 Å². The van der Waals surface area contributed by atoms with Crippen molar-refractivity contribution in [2.75, 3.05) is 13.1 Å². The summed E-state index contributed by atoms with van der Waals surface area (Å²) in [4.78, 5) is 16.4. The number of piperidine rings is 1. The van der Waals surface area contributed by atoms with Gasteiger partial charge in [0.2, 0.25) is 11.8 Å². The maximum atomic E-state index is 12.2. The van der Waals surface area contributed by atoms with Crippen LogP contribution in [0, 0.1) is 18.3 Å². The smallest absolute Gasteiger partial charge is 0.248 e. The molecule has 3 rings (SSSR count). The lowest BCUT2D eigenvalue weighted by Gasteiger charge is -2.23. The molecule has 1 saturated heterocycles. The molecule has 104 valence electrons. The van der Waals surface area contributed by atoms with Gasteiger partial charge in [0.1, 0.15) is 6.04 Å². The van der Waals surface area contributed by atoms with E-state index >= 15 is 0 Å². The van der Waals surface area contributed by atoms with Crippen molar-refractivity contribution in [2.45, 2.75) is 39.2 Å². The molecule has 0 radical (unpaired) electrons. The maximum absolute atomic E-state index is 12.2. The predicted molar refractivity (Wildman–Crippen MR) is 68.2 cm³/mol. The molecule has 1 saturated carbocycles. The number of carbonyl (C=O) groups is 1. The summed E-state index contributed by atoms with van der Waals surface area (Å²) in [5.74, 6) is 1.37. The Morgan fingerprint density at radius 2 is 2.26 bits per heavy atom. The first-order valence-corrected chi connectivity index (χ1v) is 6.92. The van der Waals surface area contributed by atoms with Gasteiger partial charge in [0.25, 0.3) is 0 Å². The van der Waals surface area contributed by atoms with E-state index < -0.39 is 0 Å². The first kappa shape index (κ1) is 12.6. The summed E-state index contributed by atoms with van der Waals surface area (Å²) in [5.41, 5.74) is 0.264. The van der Waals surface area contributed by atoms with Gasteiger partial charge in [-0.1, -0.05) is 5.16 Å². The second-order valence-electron chi connectivity index (χ2n) is 5.78. The van der Waals surface area contributed by atoms with Crippen molar-refractivity contribution in [3.8, 4) is 0 Å². The topological polar surface area (TPSA) is 80.0 Å². The minimum absolute atomic E-state index is 0.130. The zero-order valence-corrected chi connectivity index (χ0v) is 11.4. The molecule has 2 unspecified atom stereocenters. The summed E-state index contributed by atoms with van der Waals surface area (Å²) in [7, 11) is 0. The number of amides is 1. The lowest BCUT2D eigenvalue weighted by molar-refractivity contribution is -0.124. The number of aryl methyl sites for hydroxylation is 1. The van der Waals surface area contributed by atoms with E-state index in [0.29, 0.717) is 11.7 Å². The standard InChI is InChI=1S/C13H20N4O2/c1-8(12-16-9(2)17-19-12)15-11(18)10-7-13(10)3-5-14-6-4-13/h8,10,14H,3-7H2,1-2H3,(H,15,18). The quantitative estimate of drug-likeness (QED) is 0.849. The Balaban J connectivity index is 1.57. The van der Waals surface area contributed by atoms with Gasteiger partial charge < -0.3 is 15.2 Å². The summed E-state index contributed by atoms with van der Waals surface area (Å²) in [6.45, 7) is 5.71. The fraction of sp³-hybridized carbons (Fsp3) is 0.769. The number of aromatic nitrogens is 2. The van der Waals surface area contributed by atoms with Crippen molar-refractivity contribution >= 4 is 5.91 Å². The van der Waals surface area contributed by atoms with Gasteiger partial charge in [0.05, 0.1) is 0 Å². The molecule has 1 aromatic heterocycles. The number of carbonyl (C=O) groups excluding carboxylic acids is 1. The Morgan fingerprint density at radius 1 is 1.53 bits per heavy atom. The van der Waals surface area contributed by atoms with Crippen LogP contribution < -0.4 is 10.6 Å². The lowest BCUT2D eigenvalue weighted by atomic mass is 9.91. The number of hydrogen-bond donors (Lipinski definition) is 2. The molecule has 6 heteroatoms. The zero-order chi connectivity index (χ0) is 13.5. The van der Waals surface area contributed by atoms with E-state index in [0.717, 1.165) is 32.4 Å². The molecule has 2 aliphatic rings. The van der Waals surface area contributed by atoms with Gasteiger partial charge in [-0.3, -0.25) is 4.79 Å². The minimum Gasteiger partial charge on any atom is -0.344 e. The molecule has 2 heterocycles. The largest absolute Gasteiger partial charge is 0.344 e. The van der Waals surface area contributed by atoms with Crippen molar-refractivity contribution in [1.29, 1.82) is 0 Å². The van der Waals surface area contributed by atoms with Crippen molar-refractivity contribution in [3.05, 3.63) is 11.7 Å².